The van der Waals surface area contributed by atoms with Gasteiger partial charge in [-0.3, -0.25) is 0 Å². The lowest BCUT2D eigenvalue weighted by Gasteiger charge is -2.16. The van der Waals surface area contributed by atoms with Crippen LogP contribution in [0.4, 0.5) is 0 Å². The van der Waals surface area contributed by atoms with Crippen LogP contribution in [0.5, 0.6) is 0 Å². The molecule has 2 unspecified atom stereocenters. The first kappa shape index (κ1) is 13.6. The third kappa shape index (κ3) is 3.82. The minimum absolute atomic E-state index is 0.352. The van der Waals surface area contributed by atoms with E-state index in [1.807, 2.05) is 0 Å². The third-order valence-electron chi connectivity index (χ3n) is 3.61. The fraction of sp³-hybridized carbons (Fsp3) is 0.625. The average Bonchev–Trinajstić information content (AvgIpc) is 2.73. The van der Waals surface area contributed by atoms with Crippen LogP contribution < -0.4 is 5.32 Å². The SMILES string of the molecule is CC(C)Cc1ccc(CNC2CCOC2C)cc1. The Kier molecular flexibility index (Phi) is 4.79. The minimum Gasteiger partial charge on any atom is -0.377 e. The highest BCUT2D eigenvalue weighted by Crippen LogP contribution is 2.14. The van der Waals surface area contributed by atoms with Crippen LogP contribution in [0.15, 0.2) is 24.3 Å². The van der Waals surface area contributed by atoms with Crippen molar-refractivity contribution in [3.05, 3.63) is 35.4 Å². The fourth-order valence-electron chi connectivity index (χ4n) is 2.51. The maximum atomic E-state index is 5.55. The summed E-state index contributed by atoms with van der Waals surface area (Å²) in [6.45, 7) is 8.51. The highest BCUT2D eigenvalue weighted by atomic mass is 16.5. The molecule has 1 saturated heterocycles. The zero-order chi connectivity index (χ0) is 13.0. The van der Waals surface area contributed by atoms with Crippen LogP contribution in [0.2, 0.25) is 0 Å². The second-order valence-corrected chi connectivity index (χ2v) is 5.77. The second-order valence-electron chi connectivity index (χ2n) is 5.77. The highest BCUT2D eigenvalue weighted by molar-refractivity contribution is 5.22. The number of rotatable bonds is 5. The van der Waals surface area contributed by atoms with Crippen molar-refractivity contribution < 1.29 is 4.74 Å². The second kappa shape index (κ2) is 6.35. The normalized spacial score (nSPS) is 23.8. The summed E-state index contributed by atoms with van der Waals surface area (Å²) in [5.41, 5.74) is 2.80. The van der Waals surface area contributed by atoms with Crippen molar-refractivity contribution in [2.75, 3.05) is 6.61 Å². The average molecular weight is 247 g/mol. The predicted molar refractivity (Wildman–Crippen MR) is 75.6 cm³/mol. The predicted octanol–water partition coefficient (Wildman–Crippen LogP) is 3.15. The number of ether oxygens (including phenoxy) is 1. The minimum atomic E-state index is 0.352. The third-order valence-corrected chi connectivity index (χ3v) is 3.61. The lowest BCUT2D eigenvalue weighted by Crippen LogP contribution is -2.34. The molecule has 1 fully saturated rings. The molecular weight excluding hydrogens is 222 g/mol. The van der Waals surface area contributed by atoms with E-state index in [-0.39, 0.29) is 0 Å². The van der Waals surface area contributed by atoms with Gasteiger partial charge in [0.25, 0.3) is 0 Å². The molecule has 0 amide bonds. The Labute approximate surface area is 111 Å². The molecule has 2 rings (SSSR count). The summed E-state index contributed by atoms with van der Waals surface area (Å²) < 4.78 is 5.55. The van der Waals surface area contributed by atoms with Crippen LogP contribution in [-0.4, -0.2) is 18.8 Å². The molecule has 0 aliphatic carbocycles. The zero-order valence-electron chi connectivity index (χ0n) is 11.8. The van der Waals surface area contributed by atoms with Crippen LogP contribution in [-0.2, 0) is 17.7 Å². The van der Waals surface area contributed by atoms with Gasteiger partial charge >= 0.3 is 0 Å². The van der Waals surface area contributed by atoms with E-state index < -0.39 is 0 Å². The van der Waals surface area contributed by atoms with Crippen LogP contribution in [0.3, 0.4) is 0 Å². The Morgan fingerprint density at radius 3 is 2.44 bits per heavy atom. The van der Waals surface area contributed by atoms with Crippen LogP contribution in [0.1, 0.15) is 38.3 Å². The van der Waals surface area contributed by atoms with E-state index in [1.165, 1.54) is 17.5 Å². The highest BCUT2D eigenvalue weighted by Gasteiger charge is 2.23. The molecule has 0 saturated carbocycles. The summed E-state index contributed by atoms with van der Waals surface area (Å²) in [7, 11) is 0. The molecule has 2 nitrogen and oxygen atoms in total. The smallest absolute Gasteiger partial charge is 0.0700 e. The van der Waals surface area contributed by atoms with Crippen molar-refractivity contribution in [2.45, 2.75) is 52.3 Å². The van der Waals surface area contributed by atoms with Gasteiger partial charge in [0.2, 0.25) is 0 Å². The van der Waals surface area contributed by atoms with Gasteiger partial charge in [0.1, 0.15) is 0 Å². The number of hydrogen-bond donors (Lipinski definition) is 1. The van der Waals surface area contributed by atoms with Crippen molar-refractivity contribution >= 4 is 0 Å². The van der Waals surface area contributed by atoms with Gasteiger partial charge in [-0.2, -0.15) is 0 Å². The summed E-state index contributed by atoms with van der Waals surface area (Å²) in [4.78, 5) is 0. The largest absolute Gasteiger partial charge is 0.377 e. The molecule has 2 atom stereocenters. The van der Waals surface area contributed by atoms with E-state index in [4.69, 9.17) is 4.74 Å². The molecule has 1 aromatic rings. The van der Waals surface area contributed by atoms with E-state index in [9.17, 15) is 0 Å². The Bertz CT molecular complexity index is 358. The number of benzene rings is 1. The molecule has 18 heavy (non-hydrogen) atoms. The maximum absolute atomic E-state index is 5.55. The van der Waals surface area contributed by atoms with E-state index in [1.54, 1.807) is 0 Å². The van der Waals surface area contributed by atoms with Gasteiger partial charge in [0.15, 0.2) is 0 Å². The Morgan fingerprint density at radius 1 is 1.22 bits per heavy atom. The summed E-state index contributed by atoms with van der Waals surface area (Å²) in [5, 5.41) is 3.58. The molecule has 0 aromatic heterocycles. The van der Waals surface area contributed by atoms with Gasteiger partial charge in [-0.25, -0.2) is 0 Å². The molecule has 1 aliphatic heterocycles. The van der Waals surface area contributed by atoms with E-state index >= 15 is 0 Å². The lowest BCUT2D eigenvalue weighted by molar-refractivity contribution is 0.113. The Hall–Kier alpha value is -0.860. The van der Waals surface area contributed by atoms with Gasteiger partial charge in [0, 0.05) is 19.2 Å². The topological polar surface area (TPSA) is 21.3 Å². The van der Waals surface area contributed by atoms with Gasteiger partial charge in [0.05, 0.1) is 6.10 Å². The summed E-state index contributed by atoms with van der Waals surface area (Å²) in [6.07, 6.45) is 2.65. The standard InChI is InChI=1S/C16H25NO/c1-12(2)10-14-4-6-15(7-5-14)11-17-16-8-9-18-13(16)3/h4-7,12-13,16-17H,8-11H2,1-3H3. The van der Waals surface area contributed by atoms with E-state index in [0.29, 0.717) is 12.1 Å². The molecule has 1 N–H and O–H groups in total. The summed E-state index contributed by atoms with van der Waals surface area (Å²) >= 11 is 0. The molecular formula is C16H25NO. The van der Waals surface area contributed by atoms with Crippen LogP contribution in [0.25, 0.3) is 0 Å². The first-order chi connectivity index (χ1) is 8.65. The molecule has 0 bridgehead atoms. The molecule has 1 aromatic carbocycles. The quantitative estimate of drug-likeness (QED) is 0.863. The van der Waals surface area contributed by atoms with Crippen molar-refractivity contribution in [3.63, 3.8) is 0 Å². The first-order valence-electron chi connectivity index (χ1n) is 7.08. The van der Waals surface area contributed by atoms with E-state index in [0.717, 1.165) is 25.5 Å². The fourth-order valence-corrected chi connectivity index (χ4v) is 2.51. The van der Waals surface area contributed by atoms with E-state index in [2.05, 4.69) is 50.4 Å². The van der Waals surface area contributed by atoms with Crippen LogP contribution >= 0.6 is 0 Å². The maximum Gasteiger partial charge on any atom is 0.0700 e. The van der Waals surface area contributed by atoms with Gasteiger partial charge in [-0.05, 0) is 36.8 Å². The summed E-state index contributed by atoms with van der Waals surface area (Å²) in [6, 6.07) is 9.51. The molecule has 1 heterocycles. The van der Waals surface area contributed by atoms with Crippen molar-refractivity contribution in [1.82, 2.24) is 5.32 Å². The molecule has 0 radical (unpaired) electrons. The molecule has 100 valence electrons. The lowest BCUT2D eigenvalue weighted by atomic mass is 10.0. The van der Waals surface area contributed by atoms with Crippen LogP contribution in [0, 0.1) is 5.92 Å². The number of nitrogens with one attached hydrogen (secondary N) is 1. The van der Waals surface area contributed by atoms with Crippen molar-refractivity contribution in [2.24, 2.45) is 5.92 Å². The zero-order valence-corrected chi connectivity index (χ0v) is 11.8. The molecule has 1 aliphatic rings. The number of hydrogen-bond acceptors (Lipinski definition) is 2. The van der Waals surface area contributed by atoms with Crippen molar-refractivity contribution in [3.8, 4) is 0 Å². The first-order valence-corrected chi connectivity index (χ1v) is 7.08. The van der Waals surface area contributed by atoms with Gasteiger partial charge in [-0.15, -0.1) is 0 Å². The van der Waals surface area contributed by atoms with Crippen molar-refractivity contribution in [1.29, 1.82) is 0 Å². The molecule has 2 heteroatoms. The summed E-state index contributed by atoms with van der Waals surface area (Å²) in [5.74, 6) is 0.727. The Morgan fingerprint density at radius 2 is 1.89 bits per heavy atom. The van der Waals surface area contributed by atoms with Gasteiger partial charge in [-0.1, -0.05) is 38.1 Å². The molecule has 0 spiro atoms. The van der Waals surface area contributed by atoms with Gasteiger partial charge < -0.3 is 10.1 Å². The Balaban J connectivity index is 1.82. The monoisotopic (exact) mass is 247 g/mol.